The Bertz CT molecular complexity index is 695. The molecule has 1 atom stereocenters. The molecule has 2 rings (SSSR count). The van der Waals surface area contributed by atoms with E-state index >= 15 is 0 Å². The Morgan fingerprint density at radius 3 is 2.60 bits per heavy atom. The summed E-state index contributed by atoms with van der Waals surface area (Å²) in [4.78, 5) is 12.4. The number of hydrogen-bond donors (Lipinski definition) is 3. The highest BCUT2D eigenvalue weighted by molar-refractivity contribution is 7.89. The molecule has 1 unspecified atom stereocenters. The molecule has 0 saturated heterocycles. The molecule has 1 aromatic carbocycles. The van der Waals surface area contributed by atoms with Gasteiger partial charge < -0.3 is 10.4 Å². The zero-order valence-electron chi connectivity index (χ0n) is 14.9. The largest absolute Gasteiger partial charge is 0.388 e. The molecule has 0 aliphatic heterocycles. The van der Waals surface area contributed by atoms with Gasteiger partial charge in [-0.25, -0.2) is 13.1 Å². The number of rotatable bonds is 7. The smallest absolute Gasteiger partial charge is 0.251 e. The lowest BCUT2D eigenvalue weighted by molar-refractivity contribution is -0.0143. The van der Waals surface area contributed by atoms with E-state index < -0.39 is 15.6 Å². The first-order valence-corrected chi connectivity index (χ1v) is 10.3. The monoisotopic (exact) mass is 368 g/mol. The van der Waals surface area contributed by atoms with Gasteiger partial charge in [0.15, 0.2) is 0 Å². The van der Waals surface area contributed by atoms with Crippen LogP contribution in [0.2, 0.25) is 0 Å². The van der Waals surface area contributed by atoms with Crippen molar-refractivity contribution in [1.82, 2.24) is 10.0 Å². The van der Waals surface area contributed by atoms with Crippen molar-refractivity contribution < 1.29 is 18.3 Å². The maximum Gasteiger partial charge on any atom is 0.251 e. The molecular formula is C18H28N2O4S. The van der Waals surface area contributed by atoms with Crippen LogP contribution in [0, 0.1) is 5.92 Å². The predicted molar refractivity (Wildman–Crippen MR) is 96.8 cm³/mol. The minimum atomic E-state index is -3.61. The van der Waals surface area contributed by atoms with E-state index in [1.165, 1.54) is 18.6 Å². The molecule has 1 fully saturated rings. The van der Waals surface area contributed by atoms with Crippen molar-refractivity contribution in [2.45, 2.75) is 56.4 Å². The maximum atomic E-state index is 12.4. The van der Waals surface area contributed by atoms with Crippen molar-refractivity contribution in [1.29, 1.82) is 0 Å². The average molecular weight is 368 g/mol. The highest BCUT2D eigenvalue weighted by Crippen LogP contribution is 2.32. The van der Waals surface area contributed by atoms with Gasteiger partial charge in [-0.05, 0) is 43.9 Å². The third-order valence-corrected chi connectivity index (χ3v) is 6.38. The van der Waals surface area contributed by atoms with Crippen LogP contribution in [0.15, 0.2) is 29.2 Å². The fourth-order valence-electron chi connectivity index (χ4n) is 3.31. The van der Waals surface area contributed by atoms with E-state index in [-0.39, 0.29) is 35.4 Å². The van der Waals surface area contributed by atoms with Crippen molar-refractivity contribution in [2.24, 2.45) is 5.92 Å². The van der Waals surface area contributed by atoms with Crippen LogP contribution in [0.3, 0.4) is 0 Å². The predicted octanol–water partition coefficient (Wildman–Crippen LogP) is 2.05. The summed E-state index contributed by atoms with van der Waals surface area (Å²) in [6, 6.07) is 5.91. The molecule has 0 heterocycles. The Morgan fingerprint density at radius 1 is 1.28 bits per heavy atom. The van der Waals surface area contributed by atoms with Crippen LogP contribution >= 0.6 is 0 Å². The van der Waals surface area contributed by atoms with Gasteiger partial charge in [-0.1, -0.05) is 32.3 Å². The van der Waals surface area contributed by atoms with E-state index in [9.17, 15) is 18.3 Å². The first-order chi connectivity index (χ1) is 11.8. The second-order valence-electron chi connectivity index (χ2n) is 6.90. The molecule has 1 saturated carbocycles. The minimum absolute atomic E-state index is 0.0565. The molecule has 0 spiro atoms. The summed E-state index contributed by atoms with van der Waals surface area (Å²) in [5.41, 5.74) is -0.692. The topological polar surface area (TPSA) is 95.5 Å². The van der Waals surface area contributed by atoms with Gasteiger partial charge in [0.05, 0.1) is 10.5 Å². The van der Waals surface area contributed by atoms with E-state index in [1.54, 1.807) is 26.0 Å². The third-order valence-electron chi connectivity index (χ3n) is 4.83. The van der Waals surface area contributed by atoms with E-state index in [0.717, 1.165) is 25.7 Å². The van der Waals surface area contributed by atoms with Crippen molar-refractivity contribution >= 4 is 15.9 Å². The molecule has 1 aliphatic carbocycles. The molecule has 1 aliphatic rings. The lowest BCUT2D eigenvalue weighted by atomic mass is 9.78. The summed E-state index contributed by atoms with van der Waals surface area (Å²) < 4.78 is 26.5. The van der Waals surface area contributed by atoms with Crippen LogP contribution in [-0.4, -0.2) is 38.1 Å². The summed E-state index contributed by atoms with van der Waals surface area (Å²) >= 11 is 0. The van der Waals surface area contributed by atoms with Gasteiger partial charge in [0.2, 0.25) is 10.0 Å². The normalized spacial score (nSPS) is 18.5. The van der Waals surface area contributed by atoms with Gasteiger partial charge in [0.25, 0.3) is 5.91 Å². The molecule has 0 radical (unpaired) electrons. The minimum Gasteiger partial charge on any atom is -0.388 e. The van der Waals surface area contributed by atoms with Gasteiger partial charge in [0, 0.05) is 18.7 Å². The van der Waals surface area contributed by atoms with Crippen LogP contribution in [0.25, 0.3) is 0 Å². The van der Waals surface area contributed by atoms with Crippen LogP contribution in [0.4, 0.5) is 0 Å². The molecule has 0 aromatic heterocycles. The van der Waals surface area contributed by atoms with Gasteiger partial charge in [-0.3, -0.25) is 4.79 Å². The number of nitrogens with one attached hydrogen (secondary N) is 2. The Kier molecular flexibility index (Phi) is 6.59. The number of sulfonamides is 1. The summed E-state index contributed by atoms with van der Waals surface area (Å²) in [6.45, 7) is 3.89. The summed E-state index contributed by atoms with van der Waals surface area (Å²) in [6.07, 6.45) is 5.36. The van der Waals surface area contributed by atoms with E-state index in [2.05, 4.69) is 10.0 Å². The first-order valence-electron chi connectivity index (χ1n) is 8.86. The molecule has 3 N–H and O–H groups in total. The second-order valence-corrected chi connectivity index (χ2v) is 8.67. The van der Waals surface area contributed by atoms with Crippen LogP contribution < -0.4 is 10.0 Å². The molecule has 6 nitrogen and oxygen atoms in total. The highest BCUT2D eigenvalue weighted by atomic mass is 32.2. The van der Waals surface area contributed by atoms with Crippen molar-refractivity contribution in [3.8, 4) is 0 Å². The van der Waals surface area contributed by atoms with Crippen LogP contribution in [0.5, 0.6) is 0 Å². The average Bonchev–Trinajstić information content (AvgIpc) is 2.60. The van der Waals surface area contributed by atoms with E-state index in [1.807, 2.05) is 0 Å². The second kappa shape index (κ2) is 8.29. The fraction of sp³-hybridized carbons (Fsp3) is 0.611. The van der Waals surface area contributed by atoms with Crippen molar-refractivity contribution in [3.05, 3.63) is 29.8 Å². The summed E-state index contributed by atoms with van der Waals surface area (Å²) in [5, 5.41) is 13.4. The van der Waals surface area contributed by atoms with Crippen LogP contribution in [-0.2, 0) is 10.0 Å². The van der Waals surface area contributed by atoms with Gasteiger partial charge in [-0.2, -0.15) is 0 Å². The SMILES string of the molecule is CCNS(=O)(=O)c1cccc(C(=O)NCC(C)(O)C2CCCCC2)c1. The molecule has 1 amide bonds. The molecule has 140 valence electrons. The zero-order valence-corrected chi connectivity index (χ0v) is 15.7. The number of carbonyl (C=O) groups excluding carboxylic acids is 1. The Labute approximate surface area is 150 Å². The number of aliphatic hydroxyl groups is 1. The lowest BCUT2D eigenvalue weighted by Crippen LogP contribution is -2.46. The van der Waals surface area contributed by atoms with Crippen molar-refractivity contribution in [2.75, 3.05) is 13.1 Å². The molecule has 7 heteroatoms. The summed E-state index contributed by atoms with van der Waals surface area (Å²) in [7, 11) is -3.61. The van der Waals surface area contributed by atoms with Gasteiger partial charge in [0.1, 0.15) is 0 Å². The Morgan fingerprint density at radius 2 is 1.96 bits per heavy atom. The van der Waals surface area contributed by atoms with Crippen LogP contribution in [0.1, 0.15) is 56.3 Å². The quantitative estimate of drug-likeness (QED) is 0.686. The maximum absolute atomic E-state index is 12.4. The molecule has 0 bridgehead atoms. The number of benzene rings is 1. The summed E-state index contributed by atoms with van der Waals surface area (Å²) in [5.74, 6) is -0.202. The van der Waals surface area contributed by atoms with Gasteiger partial charge >= 0.3 is 0 Å². The fourth-order valence-corrected chi connectivity index (χ4v) is 4.39. The van der Waals surface area contributed by atoms with Gasteiger partial charge in [-0.15, -0.1) is 0 Å². The zero-order chi connectivity index (χ0) is 18.5. The highest BCUT2D eigenvalue weighted by Gasteiger charge is 2.33. The Hall–Kier alpha value is -1.44. The third kappa shape index (κ3) is 5.26. The molecule has 25 heavy (non-hydrogen) atoms. The molecular weight excluding hydrogens is 340 g/mol. The standard InChI is InChI=1S/C18H28N2O4S/c1-3-20-25(23,24)16-11-7-8-14(12-16)17(21)19-13-18(2,22)15-9-5-4-6-10-15/h7-8,11-12,15,20,22H,3-6,9-10,13H2,1-2H3,(H,19,21). The number of hydrogen-bond acceptors (Lipinski definition) is 4. The van der Waals surface area contributed by atoms with E-state index in [4.69, 9.17) is 0 Å². The number of amides is 1. The lowest BCUT2D eigenvalue weighted by Gasteiger charge is -2.35. The molecule has 1 aromatic rings. The van der Waals surface area contributed by atoms with E-state index in [0.29, 0.717) is 0 Å². The number of carbonyl (C=O) groups is 1. The first kappa shape index (κ1) is 19.9. The Balaban J connectivity index is 2.03. The van der Waals surface area contributed by atoms with Crippen molar-refractivity contribution in [3.63, 3.8) is 0 Å².